The molecular formula is C20H20FN3O3S. The van der Waals surface area contributed by atoms with Crippen LogP contribution in [0.4, 0.5) is 4.39 Å². The van der Waals surface area contributed by atoms with Gasteiger partial charge >= 0.3 is 5.69 Å². The molecule has 1 amide bonds. The van der Waals surface area contributed by atoms with Crippen molar-refractivity contribution in [3.05, 3.63) is 67.9 Å². The van der Waals surface area contributed by atoms with Crippen LogP contribution in [0, 0.1) is 5.82 Å². The monoisotopic (exact) mass is 401 g/mol. The molecule has 1 aliphatic rings. The number of rotatable bonds is 5. The maximum absolute atomic E-state index is 13.1. The van der Waals surface area contributed by atoms with Crippen LogP contribution >= 0.6 is 11.3 Å². The summed E-state index contributed by atoms with van der Waals surface area (Å²) in [7, 11) is 0. The number of hydrogen-bond acceptors (Lipinski definition) is 4. The third-order valence-corrected chi connectivity index (χ3v) is 6.00. The molecule has 2 aromatic heterocycles. The van der Waals surface area contributed by atoms with Gasteiger partial charge in [0, 0.05) is 6.04 Å². The van der Waals surface area contributed by atoms with Gasteiger partial charge in [-0.3, -0.25) is 18.7 Å². The van der Waals surface area contributed by atoms with Crippen LogP contribution in [0.15, 0.2) is 45.3 Å². The summed E-state index contributed by atoms with van der Waals surface area (Å²) in [6.45, 7) is -0.109. The lowest BCUT2D eigenvalue weighted by Gasteiger charge is -2.15. The Kier molecular flexibility index (Phi) is 5.13. The summed E-state index contributed by atoms with van der Waals surface area (Å²) in [5.74, 6) is -0.612. The zero-order valence-corrected chi connectivity index (χ0v) is 16.0. The van der Waals surface area contributed by atoms with Crippen molar-refractivity contribution in [2.45, 2.75) is 44.8 Å². The number of thiophene rings is 1. The van der Waals surface area contributed by atoms with Gasteiger partial charge in [-0.2, -0.15) is 0 Å². The molecule has 8 heteroatoms. The number of halogens is 1. The van der Waals surface area contributed by atoms with Crippen molar-refractivity contribution in [3.8, 4) is 0 Å². The molecule has 1 fully saturated rings. The van der Waals surface area contributed by atoms with E-state index in [2.05, 4.69) is 5.32 Å². The lowest BCUT2D eigenvalue weighted by atomic mass is 10.2. The van der Waals surface area contributed by atoms with Crippen molar-refractivity contribution >= 4 is 27.5 Å². The normalized spacial score (nSPS) is 14.6. The molecule has 0 spiro atoms. The Hall–Kier alpha value is -2.74. The number of nitrogens with one attached hydrogen (secondary N) is 1. The third-order valence-electron chi connectivity index (χ3n) is 5.11. The molecular weight excluding hydrogens is 381 g/mol. The van der Waals surface area contributed by atoms with Crippen LogP contribution in [0.5, 0.6) is 0 Å². The minimum absolute atomic E-state index is 0.0238. The van der Waals surface area contributed by atoms with E-state index in [0.717, 1.165) is 30.3 Å². The first-order valence-corrected chi connectivity index (χ1v) is 10.2. The molecule has 2 heterocycles. The molecule has 0 aliphatic heterocycles. The second-order valence-electron chi connectivity index (χ2n) is 7.07. The molecule has 3 aromatic rings. The highest BCUT2D eigenvalue weighted by Gasteiger charge is 2.20. The molecule has 4 rings (SSSR count). The molecule has 1 aromatic carbocycles. The first kappa shape index (κ1) is 18.6. The maximum atomic E-state index is 13.1. The van der Waals surface area contributed by atoms with E-state index < -0.39 is 11.2 Å². The number of carbonyl (C=O) groups excluding carboxylic acids is 1. The number of nitrogens with zero attached hydrogens (tertiary/aromatic N) is 2. The van der Waals surface area contributed by atoms with E-state index in [9.17, 15) is 18.8 Å². The minimum atomic E-state index is -0.540. The van der Waals surface area contributed by atoms with Crippen molar-refractivity contribution in [1.82, 2.24) is 14.5 Å². The summed E-state index contributed by atoms with van der Waals surface area (Å²) < 4.78 is 16.0. The van der Waals surface area contributed by atoms with E-state index in [-0.39, 0.29) is 30.9 Å². The number of amides is 1. The van der Waals surface area contributed by atoms with E-state index in [1.54, 1.807) is 11.4 Å². The molecule has 0 bridgehead atoms. The molecule has 0 atom stereocenters. The highest BCUT2D eigenvalue weighted by molar-refractivity contribution is 7.17. The quantitative estimate of drug-likeness (QED) is 0.714. The Bertz CT molecular complexity index is 1120. The summed E-state index contributed by atoms with van der Waals surface area (Å²) in [5, 5.41) is 4.71. The predicted octanol–water partition coefficient (Wildman–Crippen LogP) is 2.47. The number of hydrogen-bond donors (Lipinski definition) is 1. The molecule has 0 saturated heterocycles. The Morgan fingerprint density at radius 2 is 1.82 bits per heavy atom. The molecule has 146 valence electrons. The van der Waals surface area contributed by atoms with Crippen LogP contribution in [0.2, 0.25) is 0 Å². The Balaban J connectivity index is 1.70. The summed E-state index contributed by atoms with van der Waals surface area (Å²) in [5.41, 5.74) is 0.170. The highest BCUT2D eigenvalue weighted by atomic mass is 32.1. The van der Waals surface area contributed by atoms with Gasteiger partial charge in [0.2, 0.25) is 5.91 Å². The molecule has 1 saturated carbocycles. The SMILES string of the molecule is O=C(Cn1c(=O)n(Cc2ccc(F)cc2)c(=O)c2sccc21)NC1CCCC1. The lowest BCUT2D eigenvalue weighted by molar-refractivity contribution is -0.122. The maximum Gasteiger partial charge on any atom is 0.332 e. The van der Waals surface area contributed by atoms with Crippen LogP contribution in [0.25, 0.3) is 10.2 Å². The third kappa shape index (κ3) is 3.64. The average Bonchev–Trinajstić information content (AvgIpc) is 3.36. The number of carbonyl (C=O) groups is 1. The fourth-order valence-electron chi connectivity index (χ4n) is 3.68. The van der Waals surface area contributed by atoms with Gasteiger partial charge in [-0.1, -0.05) is 25.0 Å². The van der Waals surface area contributed by atoms with Crippen molar-refractivity contribution in [2.75, 3.05) is 0 Å². The Morgan fingerprint density at radius 3 is 2.54 bits per heavy atom. The molecule has 1 N–H and O–H groups in total. The summed E-state index contributed by atoms with van der Waals surface area (Å²) in [4.78, 5) is 38.3. The lowest BCUT2D eigenvalue weighted by Crippen LogP contribution is -2.43. The van der Waals surface area contributed by atoms with Gasteiger partial charge in [0.1, 0.15) is 17.1 Å². The largest absolute Gasteiger partial charge is 0.352 e. The fraction of sp³-hybridized carbons (Fsp3) is 0.350. The first-order valence-electron chi connectivity index (χ1n) is 9.27. The van der Waals surface area contributed by atoms with Gasteiger partial charge in [-0.15, -0.1) is 11.3 Å². The van der Waals surface area contributed by atoms with E-state index in [1.807, 2.05) is 0 Å². The molecule has 0 radical (unpaired) electrons. The van der Waals surface area contributed by atoms with Crippen LogP contribution in [0.1, 0.15) is 31.2 Å². The van der Waals surface area contributed by atoms with Crippen molar-refractivity contribution < 1.29 is 9.18 Å². The van der Waals surface area contributed by atoms with Crippen LogP contribution in [-0.4, -0.2) is 21.1 Å². The van der Waals surface area contributed by atoms with Crippen LogP contribution in [0.3, 0.4) is 0 Å². The van der Waals surface area contributed by atoms with E-state index in [0.29, 0.717) is 15.8 Å². The number of aromatic nitrogens is 2. The number of benzene rings is 1. The van der Waals surface area contributed by atoms with Gasteiger partial charge in [0.05, 0.1) is 12.1 Å². The predicted molar refractivity (Wildman–Crippen MR) is 106 cm³/mol. The van der Waals surface area contributed by atoms with Crippen molar-refractivity contribution in [3.63, 3.8) is 0 Å². The van der Waals surface area contributed by atoms with E-state index >= 15 is 0 Å². The average molecular weight is 401 g/mol. The smallest absolute Gasteiger partial charge is 0.332 e. The number of fused-ring (bicyclic) bond motifs is 1. The second kappa shape index (κ2) is 7.71. The molecule has 28 heavy (non-hydrogen) atoms. The van der Waals surface area contributed by atoms with E-state index in [4.69, 9.17) is 0 Å². The highest BCUT2D eigenvalue weighted by Crippen LogP contribution is 2.18. The fourth-order valence-corrected chi connectivity index (χ4v) is 4.53. The van der Waals surface area contributed by atoms with Gasteiger partial charge in [0.25, 0.3) is 5.56 Å². The van der Waals surface area contributed by atoms with Crippen LogP contribution < -0.4 is 16.6 Å². The zero-order valence-electron chi connectivity index (χ0n) is 15.2. The minimum Gasteiger partial charge on any atom is -0.352 e. The van der Waals surface area contributed by atoms with Gasteiger partial charge in [-0.05, 0) is 42.0 Å². The topological polar surface area (TPSA) is 73.1 Å². The molecule has 1 aliphatic carbocycles. The zero-order chi connectivity index (χ0) is 19.7. The standard InChI is InChI=1S/C20H20FN3O3S/c21-14-7-5-13(6-8-14)11-24-19(26)18-16(9-10-28-18)23(20(24)27)12-17(25)22-15-3-1-2-4-15/h5-10,15H,1-4,11-12H2,(H,22,25). The summed E-state index contributed by atoms with van der Waals surface area (Å²) in [6, 6.07) is 7.50. The van der Waals surface area contributed by atoms with Gasteiger partial charge in [-0.25, -0.2) is 9.18 Å². The van der Waals surface area contributed by atoms with Crippen molar-refractivity contribution in [1.29, 1.82) is 0 Å². The summed E-state index contributed by atoms with van der Waals surface area (Å²) >= 11 is 1.24. The van der Waals surface area contributed by atoms with Gasteiger partial charge in [0.15, 0.2) is 0 Å². The Morgan fingerprint density at radius 1 is 1.11 bits per heavy atom. The Labute approximate surface area is 164 Å². The summed E-state index contributed by atoms with van der Waals surface area (Å²) in [6.07, 6.45) is 4.11. The van der Waals surface area contributed by atoms with Gasteiger partial charge < -0.3 is 5.32 Å². The second-order valence-corrected chi connectivity index (χ2v) is 7.99. The first-order chi connectivity index (χ1) is 13.5. The molecule has 0 unspecified atom stereocenters. The van der Waals surface area contributed by atoms with Crippen LogP contribution in [-0.2, 0) is 17.9 Å². The van der Waals surface area contributed by atoms with E-state index in [1.165, 1.54) is 40.2 Å². The molecule has 6 nitrogen and oxygen atoms in total. The van der Waals surface area contributed by atoms with Crippen molar-refractivity contribution in [2.24, 2.45) is 0 Å².